The highest BCUT2D eigenvalue weighted by atomic mass is 16.5. The second kappa shape index (κ2) is 5.20. The Morgan fingerprint density at radius 2 is 1.91 bits per heavy atom. The molecule has 4 N–H and O–H groups in total. The SMILES string of the molecule is O=CC[C@@H](O)[C@H](O)[C@H](O)[14CH2]O. The van der Waals surface area contributed by atoms with Gasteiger partial charge in [0.25, 0.3) is 0 Å². The lowest BCUT2D eigenvalue weighted by Gasteiger charge is -2.19. The first-order chi connectivity index (χ1) is 5.13. The topological polar surface area (TPSA) is 98.0 Å². The van der Waals surface area contributed by atoms with Crippen LogP contribution in [-0.2, 0) is 4.79 Å². The summed E-state index contributed by atoms with van der Waals surface area (Å²) in [7, 11) is 0. The van der Waals surface area contributed by atoms with Crippen LogP contribution in [0.2, 0.25) is 0 Å². The molecule has 0 unspecified atom stereocenters. The number of aldehydes is 1. The summed E-state index contributed by atoms with van der Waals surface area (Å²) in [5, 5.41) is 34.8. The van der Waals surface area contributed by atoms with Gasteiger partial charge in [-0.2, -0.15) is 0 Å². The van der Waals surface area contributed by atoms with E-state index >= 15 is 0 Å². The van der Waals surface area contributed by atoms with Crippen LogP contribution in [0.3, 0.4) is 0 Å². The van der Waals surface area contributed by atoms with Crippen LogP contribution in [0.1, 0.15) is 6.42 Å². The lowest BCUT2D eigenvalue weighted by molar-refractivity contribution is -0.115. The van der Waals surface area contributed by atoms with E-state index in [1.165, 1.54) is 0 Å². The third kappa shape index (κ3) is 3.43. The van der Waals surface area contributed by atoms with Crippen LogP contribution >= 0.6 is 0 Å². The molecule has 0 aliphatic rings. The van der Waals surface area contributed by atoms with Gasteiger partial charge in [0, 0.05) is 6.42 Å². The Morgan fingerprint density at radius 3 is 2.27 bits per heavy atom. The van der Waals surface area contributed by atoms with Crippen LogP contribution in [0, 0.1) is 0 Å². The summed E-state index contributed by atoms with van der Waals surface area (Å²) in [5.41, 5.74) is 0. The molecule has 66 valence electrons. The maximum absolute atomic E-state index is 9.82. The molecule has 3 atom stereocenters. The molecule has 0 heterocycles. The van der Waals surface area contributed by atoms with Crippen LogP contribution in [0.4, 0.5) is 0 Å². The number of carbonyl (C=O) groups excluding carboxylic acids is 1. The maximum Gasteiger partial charge on any atom is 0.122 e. The van der Waals surface area contributed by atoms with Crippen molar-refractivity contribution in [1.82, 2.24) is 0 Å². The lowest BCUT2D eigenvalue weighted by Crippen LogP contribution is -2.39. The quantitative estimate of drug-likeness (QED) is 0.343. The Balaban J connectivity index is 3.79. The average molecular weight is 166 g/mol. The Kier molecular flexibility index (Phi) is 4.97. The van der Waals surface area contributed by atoms with Crippen LogP contribution in [0.25, 0.3) is 0 Å². The highest BCUT2D eigenvalue weighted by Gasteiger charge is 2.23. The van der Waals surface area contributed by atoms with Crippen LogP contribution in [-0.4, -0.2) is 51.6 Å². The first-order valence-electron chi connectivity index (χ1n) is 3.22. The van der Waals surface area contributed by atoms with Gasteiger partial charge in [0.05, 0.1) is 12.7 Å². The fourth-order valence-corrected chi connectivity index (χ4v) is 0.602. The molecule has 5 nitrogen and oxygen atoms in total. The van der Waals surface area contributed by atoms with Crippen molar-refractivity contribution in [3.8, 4) is 0 Å². The molecule has 0 amide bonds. The van der Waals surface area contributed by atoms with Crippen LogP contribution in [0.5, 0.6) is 0 Å². The molecule has 0 saturated carbocycles. The molecule has 0 aromatic carbocycles. The zero-order valence-electron chi connectivity index (χ0n) is 5.92. The third-order valence-corrected chi connectivity index (χ3v) is 1.31. The molecule has 11 heavy (non-hydrogen) atoms. The average Bonchev–Trinajstić information content (AvgIpc) is 2.02. The molecule has 0 fully saturated rings. The number of aliphatic hydroxyl groups excluding tert-OH is 4. The van der Waals surface area contributed by atoms with Gasteiger partial charge in [0.1, 0.15) is 18.5 Å². The highest BCUT2D eigenvalue weighted by molar-refractivity contribution is 5.50. The van der Waals surface area contributed by atoms with Crippen molar-refractivity contribution in [3.63, 3.8) is 0 Å². The number of hydrogen-bond acceptors (Lipinski definition) is 5. The molecule has 0 bridgehead atoms. The summed E-state index contributed by atoms with van der Waals surface area (Å²) < 4.78 is 0. The van der Waals surface area contributed by atoms with E-state index in [1.807, 2.05) is 0 Å². The molecule has 0 spiro atoms. The predicted octanol–water partition coefficient (Wildman–Crippen LogP) is -2.35. The van der Waals surface area contributed by atoms with E-state index in [0.717, 1.165) is 0 Å². The van der Waals surface area contributed by atoms with Gasteiger partial charge in [-0.1, -0.05) is 0 Å². The summed E-state index contributed by atoms with van der Waals surface area (Å²) in [6.45, 7) is -0.642. The Hall–Kier alpha value is -0.490. The molecule has 0 aromatic rings. The monoisotopic (exact) mass is 166 g/mol. The minimum absolute atomic E-state index is 0.252. The van der Waals surface area contributed by atoms with Crippen molar-refractivity contribution in [2.24, 2.45) is 0 Å². The fraction of sp³-hybridized carbons (Fsp3) is 0.833. The summed E-state index contributed by atoms with van der Waals surface area (Å²) in [6, 6.07) is 0. The van der Waals surface area contributed by atoms with Gasteiger partial charge in [0.15, 0.2) is 0 Å². The van der Waals surface area contributed by atoms with Crippen molar-refractivity contribution in [2.75, 3.05) is 6.61 Å². The largest absolute Gasteiger partial charge is 0.394 e. The molecular weight excluding hydrogens is 154 g/mol. The second-order valence-corrected chi connectivity index (χ2v) is 2.21. The van der Waals surface area contributed by atoms with Crippen molar-refractivity contribution in [3.05, 3.63) is 0 Å². The van der Waals surface area contributed by atoms with Gasteiger partial charge in [-0.05, 0) is 0 Å². The normalized spacial score (nSPS) is 18.9. The Labute approximate surface area is 63.9 Å². The Bertz CT molecular complexity index is 116. The smallest absolute Gasteiger partial charge is 0.122 e. The first-order valence-corrected chi connectivity index (χ1v) is 3.22. The standard InChI is InChI=1S/C6H12O5/c7-2-1-4(9)6(11)5(10)3-8/h2,4-6,8-11H,1,3H2/t4-,5-,6+/m1/s1/i3+2. The number of aliphatic hydroxyl groups is 4. The highest BCUT2D eigenvalue weighted by Crippen LogP contribution is 2.01. The maximum atomic E-state index is 9.82. The number of carbonyl (C=O) groups is 1. The number of hydrogen-bond donors (Lipinski definition) is 4. The molecule has 0 radical (unpaired) electrons. The molecule has 0 rings (SSSR count). The van der Waals surface area contributed by atoms with Crippen LogP contribution in [0.15, 0.2) is 0 Å². The molecular formula is C6H12O5. The lowest BCUT2D eigenvalue weighted by atomic mass is 10.1. The van der Waals surface area contributed by atoms with E-state index in [2.05, 4.69) is 0 Å². The van der Waals surface area contributed by atoms with Gasteiger partial charge < -0.3 is 25.2 Å². The molecule has 5 heteroatoms. The van der Waals surface area contributed by atoms with Crippen LogP contribution < -0.4 is 0 Å². The predicted molar refractivity (Wildman–Crippen MR) is 35.8 cm³/mol. The van der Waals surface area contributed by atoms with E-state index in [0.29, 0.717) is 6.29 Å². The van der Waals surface area contributed by atoms with Gasteiger partial charge in [-0.15, -0.1) is 0 Å². The van der Waals surface area contributed by atoms with Gasteiger partial charge in [-0.25, -0.2) is 0 Å². The van der Waals surface area contributed by atoms with Crippen molar-refractivity contribution < 1.29 is 25.2 Å². The van der Waals surface area contributed by atoms with Gasteiger partial charge >= 0.3 is 0 Å². The summed E-state index contributed by atoms with van der Waals surface area (Å²) in [4.78, 5) is 9.82. The van der Waals surface area contributed by atoms with E-state index in [1.54, 1.807) is 0 Å². The third-order valence-electron chi connectivity index (χ3n) is 1.31. The minimum atomic E-state index is -1.47. The van der Waals surface area contributed by atoms with E-state index < -0.39 is 24.9 Å². The van der Waals surface area contributed by atoms with E-state index in [-0.39, 0.29) is 6.42 Å². The van der Waals surface area contributed by atoms with Gasteiger partial charge in [-0.3, -0.25) is 0 Å². The first kappa shape index (κ1) is 10.5. The van der Waals surface area contributed by atoms with E-state index in [9.17, 15) is 4.79 Å². The Morgan fingerprint density at radius 1 is 1.36 bits per heavy atom. The van der Waals surface area contributed by atoms with Crippen molar-refractivity contribution in [1.29, 1.82) is 0 Å². The summed E-state index contributed by atoms with van der Waals surface area (Å²) in [6.07, 6.45) is -4.00. The fourth-order valence-electron chi connectivity index (χ4n) is 0.602. The zero-order valence-corrected chi connectivity index (χ0v) is 5.92. The van der Waals surface area contributed by atoms with Gasteiger partial charge in [0.2, 0.25) is 0 Å². The zero-order chi connectivity index (χ0) is 8.85. The number of rotatable bonds is 5. The molecule has 0 aliphatic carbocycles. The minimum Gasteiger partial charge on any atom is -0.394 e. The second-order valence-electron chi connectivity index (χ2n) is 2.21. The summed E-state index contributed by atoms with van der Waals surface area (Å²) >= 11 is 0. The molecule has 0 saturated heterocycles. The van der Waals surface area contributed by atoms with Crippen molar-refractivity contribution in [2.45, 2.75) is 24.7 Å². The van der Waals surface area contributed by atoms with E-state index in [4.69, 9.17) is 20.4 Å². The molecule has 0 aromatic heterocycles. The van der Waals surface area contributed by atoms with Crippen molar-refractivity contribution >= 4 is 6.29 Å². The molecule has 0 aliphatic heterocycles. The summed E-state index contributed by atoms with van der Waals surface area (Å²) in [5.74, 6) is 0.